The van der Waals surface area contributed by atoms with Gasteiger partial charge in [-0.2, -0.15) is 0 Å². The van der Waals surface area contributed by atoms with Gasteiger partial charge in [0.1, 0.15) is 0 Å². The van der Waals surface area contributed by atoms with E-state index in [1.54, 1.807) is 18.6 Å². The predicted molar refractivity (Wildman–Crippen MR) is 86.1 cm³/mol. The highest BCUT2D eigenvalue weighted by Crippen LogP contribution is 2.30. The highest BCUT2D eigenvalue weighted by atomic mass is 16.4. The summed E-state index contributed by atoms with van der Waals surface area (Å²) in [6.45, 7) is 0. The first kappa shape index (κ1) is 13.5. The molecule has 4 rings (SSSR count). The number of carboxylic acids is 1. The Balaban J connectivity index is 2.06. The molecule has 0 radical (unpaired) electrons. The maximum Gasteiger partial charge on any atom is 0.303 e. The molecule has 1 N–H and O–H groups in total. The summed E-state index contributed by atoms with van der Waals surface area (Å²) >= 11 is 0. The van der Waals surface area contributed by atoms with E-state index in [1.165, 1.54) is 0 Å². The Morgan fingerprint density at radius 2 is 1.52 bits per heavy atom. The van der Waals surface area contributed by atoms with Crippen molar-refractivity contribution in [3.05, 3.63) is 48.5 Å². The standard InChI is InChI=1S/C17H12N4O2/c22-13(23)6-5-10-9-20-16-11-3-1-7-18-14(11)15-12(17(16)21-10)4-2-8-19-15/h1-4,7-9H,5-6H2,(H,22,23). The summed E-state index contributed by atoms with van der Waals surface area (Å²) < 4.78 is 0. The molecule has 4 aromatic rings. The number of aliphatic carboxylic acids is 1. The highest BCUT2D eigenvalue weighted by Gasteiger charge is 2.13. The Morgan fingerprint density at radius 3 is 2.17 bits per heavy atom. The van der Waals surface area contributed by atoms with Gasteiger partial charge < -0.3 is 5.11 Å². The van der Waals surface area contributed by atoms with E-state index >= 15 is 0 Å². The van der Waals surface area contributed by atoms with Gasteiger partial charge in [-0.25, -0.2) is 4.98 Å². The second-order valence-electron chi connectivity index (χ2n) is 5.25. The Bertz CT molecular complexity index is 1030. The lowest BCUT2D eigenvalue weighted by atomic mass is 10.1. The third-order valence-corrected chi connectivity index (χ3v) is 3.77. The Kier molecular flexibility index (Phi) is 3.08. The van der Waals surface area contributed by atoms with Crippen molar-refractivity contribution in [3.63, 3.8) is 0 Å². The normalized spacial score (nSPS) is 11.3. The van der Waals surface area contributed by atoms with Gasteiger partial charge >= 0.3 is 5.97 Å². The number of hydrogen-bond donors (Lipinski definition) is 1. The second-order valence-corrected chi connectivity index (χ2v) is 5.25. The lowest BCUT2D eigenvalue weighted by Crippen LogP contribution is -2.01. The molecule has 23 heavy (non-hydrogen) atoms. The molecule has 0 aliphatic rings. The monoisotopic (exact) mass is 304 g/mol. The van der Waals surface area contributed by atoms with Gasteiger partial charge in [0.05, 0.1) is 34.2 Å². The molecular weight excluding hydrogens is 292 g/mol. The highest BCUT2D eigenvalue weighted by molar-refractivity contribution is 6.20. The van der Waals surface area contributed by atoms with Gasteiger partial charge in [-0.3, -0.25) is 19.7 Å². The van der Waals surface area contributed by atoms with Gasteiger partial charge in [0.15, 0.2) is 0 Å². The quantitative estimate of drug-likeness (QED) is 0.585. The predicted octanol–water partition coefficient (Wildman–Crippen LogP) is 2.74. The summed E-state index contributed by atoms with van der Waals surface area (Å²) in [5.74, 6) is -0.846. The van der Waals surface area contributed by atoms with Gasteiger partial charge in [0, 0.05) is 35.8 Å². The molecule has 0 aliphatic heterocycles. The summed E-state index contributed by atoms with van der Waals surface area (Å²) in [6, 6.07) is 7.59. The summed E-state index contributed by atoms with van der Waals surface area (Å²) in [5.41, 5.74) is 3.72. The minimum absolute atomic E-state index is 0.0332. The van der Waals surface area contributed by atoms with E-state index in [1.807, 2.05) is 24.3 Å². The van der Waals surface area contributed by atoms with Crippen LogP contribution in [0.4, 0.5) is 0 Å². The summed E-state index contributed by atoms with van der Waals surface area (Å²) in [6.07, 6.45) is 5.48. The molecule has 112 valence electrons. The number of hydrogen-bond acceptors (Lipinski definition) is 5. The number of fused-ring (bicyclic) bond motifs is 6. The van der Waals surface area contributed by atoms with E-state index in [9.17, 15) is 4.79 Å². The molecule has 0 aliphatic carbocycles. The fourth-order valence-corrected chi connectivity index (χ4v) is 2.74. The third-order valence-electron chi connectivity index (χ3n) is 3.77. The van der Waals surface area contributed by atoms with Crippen molar-refractivity contribution < 1.29 is 9.90 Å². The number of nitrogens with zero attached hydrogens (tertiary/aromatic N) is 4. The van der Waals surface area contributed by atoms with E-state index in [0.29, 0.717) is 12.1 Å². The molecular formula is C17H12N4O2. The lowest BCUT2D eigenvalue weighted by molar-refractivity contribution is -0.136. The molecule has 0 unspecified atom stereocenters. The van der Waals surface area contributed by atoms with Crippen molar-refractivity contribution in [1.29, 1.82) is 0 Å². The number of aromatic nitrogens is 4. The first-order valence-corrected chi connectivity index (χ1v) is 7.23. The zero-order valence-electron chi connectivity index (χ0n) is 12.1. The van der Waals surface area contributed by atoms with Crippen molar-refractivity contribution in [2.45, 2.75) is 12.8 Å². The minimum atomic E-state index is -0.846. The molecule has 0 saturated heterocycles. The molecule has 0 spiro atoms. The number of carboxylic acid groups (broad SMARTS) is 1. The van der Waals surface area contributed by atoms with E-state index in [2.05, 4.69) is 19.9 Å². The van der Waals surface area contributed by atoms with E-state index in [4.69, 9.17) is 5.11 Å². The van der Waals surface area contributed by atoms with Crippen LogP contribution in [0.3, 0.4) is 0 Å². The zero-order chi connectivity index (χ0) is 15.8. The maximum atomic E-state index is 10.8. The van der Waals surface area contributed by atoms with Crippen LogP contribution in [0.1, 0.15) is 12.1 Å². The smallest absolute Gasteiger partial charge is 0.303 e. The Morgan fingerprint density at radius 1 is 0.913 bits per heavy atom. The number of aryl methyl sites for hydroxylation is 1. The Hall–Kier alpha value is -3.15. The molecule has 0 amide bonds. The third kappa shape index (κ3) is 2.24. The van der Waals surface area contributed by atoms with Crippen LogP contribution in [-0.4, -0.2) is 31.0 Å². The minimum Gasteiger partial charge on any atom is -0.481 e. The molecule has 0 atom stereocenters. The van der Waals surface area contributed by atoms with Gasteiger partial charge in [-0.05, 0) is 24.3 Å². The van der Waals surface area contributed by atoms with Gasteiger partial charge in [0.2, 0.25) is 0 Å². The molecule has 3 aromatic heterocycles. The van der Waals surface area contributed by atoms with Crippen molar-refractivity contribution in [2.24, 2.45) is 0 Å². The molecule has 3 heterocycles. The average Bonchev–Trinajstić information content (AvgIpc) is 2.60. The van der Waals surface area contributed by atoms with Crippen LogP contribution in [0, 0.1) is 0 Å². The van der Waals surface area contributed by atoms with Gasteiger partial charge in [-0.1, -0.05) is 0 Å². The molecule has 0 bridgehead atoms. The molecule has 6 nitrogen and oxygen atoms in total. The lowest BCUT2D eigenvalue weighted by Gasteiger charge is -2.08. The zero-order valence-corrected chi connectivity index (χ0v) is 12.1. The maximum absolute atomic E-state index is 10.8. The first-order valence-electron chi connectivity index (χ1n) is 7.23. The first-order chi connectivity index (χ1) is 11.2. The van der Waals surface area contributed by atoms with Gasteiger partial charge in [0.25, 0.3) is 0 Å². The fraction of sp³-hybridized carbons (Fsp3) is 0.118. The van der Waals surface area contributed by atoms with E-state index in [0.717, 1.165) is 32.8 Å². The summed E-state index contributed by atoms with van der Waals surface area (Å²) in [5, 5.41) is 10.6. The van der Waals surface area contributed by atoms with Crippen LogP contribution in [0.2, 0.25) is 0 Å². The molecule has 6 heteroatoms. The molecule has 0 saturated carbocycles. The van der Waals surface area contributed by atoms with Crippen molar-refractivity contribution >= 4 is 38.8 Å². The number of rotatable bonds is 3. The van der Waals surface area contributed by atoms with Crippen LogP contribution in [0.5, 0.6) is 0 Å². The fourth-order valence-electron chi connectivity index (χ4n) is 2.74. The van der Waals surface area contributed by atoms with Crippen LogP contribution in [0.25, 0.3) is 32.8 Å². The molecule has 0 fully saturated rings. The molecule has 1 aromatic carbocycles. The van der Waals surface area contributed by atoms with E-state index in [-0.39, 0.29) is 6.42 Å². The van der Waals surface area contributed by atoms with Crippen LogP contribution < -0.4 is 0 Å². The number of benzene rings is 1. The van der Waals surface area contributed by atoms with Crippen LogP contribution >= 0.6 is 0 Å². The number of carbonyl (C=O) groups is 1. The van der Waals surface area contributed by atoms with Crippen LogP contribution in [-0.2, 0) is 11.2 Å². The van der Waals surface area contributed by atoms with Gasteiger partial charge in [-0.15, -0.1) is 0 Å². The van der Waals surface area contributed by atoms with Crippen molar-refractivity contribution in [2.75, 3.05) is 0 Å². The topological polar surface area (TPSA) is 88.9 Å². The largest absolute Gasteiger partial charge is 0.481 e. The van der Waals surface area contributed by atoms with Crippen LogP contribution in [0.15, 0.2) is 42.9 Å². The van der Waals surface area contributed by atoms with Crippen molar-refractivity contribution in [3.8, 4) is 0 Å². The van der Waals surface area contributed by atoms with E-state index < -0.39 is 5.97 Å². The summed E-state index contributed by atoms with van der Waals surface area (Å²) in [7, 11) is 0. The SMILES string of the molecule is O=C(O)CCc1cnc2c3cccnc3c3ncccc3c2n1. The number of pyridine rings is 2. The van der Waals surface area contributed by atoms with Crippen molar-refractivity contribution in [1.82, 2.24) is 19.9 Å². The average molecular weight is 304 g/mol. The second kappa shape index (κ2) is 5.24. The Labute approximate surface area is 130 Å². The summed E-state index contributed by atoms with van der Waals surface area (Å²) in [4.78, 5) is 28.8.